The number of sulfonamides is 1. The first-order chi connectivity index (χ1) is 13.5. The van der Waals surface area contributed by atoms with Crippen molar-refractivity contribution < 1.29 is 13.3 Å². The number of nitriles is 2. The molecule has 0 fully saturated rings. The van der Waals surface area contributed by atoms with E-state index in [-0.39, 0.29) is 18.0 Å². The number of nitrogens with one attached hydrogen (secondary N) is 1. The van der Waals surface area contributed by atoms with Gasteiger partial charge in [-0.15, -0.1) is 0 Å². The van der Waals surface area contributed by atoms with Crippen LogP contribution in [0.5, 0.6) is 0 Å². The summed E-state index contributed by atoms with van der Waals surface area (Å²) in [6, 6.07) is 17.2. The molecular formula is C20H18N4O3S. The lowest BCUT2D eigenvalue weighted by atomic mass is 10.1. The molecular weight excluding hydrogens is 376 g/mol. The molecule has 0 bridgehead atoms. The third-order valence-electron chi connectivity index (χ3n) is 4.27. The zero-order chi connectivity index (χ0) is 20.0. The van der Waals surface area contributed by atoms with Crippen LogP contribution >= 0.6 is 0 Å². The summed E-state index contributed by atoms with van der Waals surface area (Å²) in [7, 11) is -3.65. The summed E-state index contributed by atoms with van der Waals surface area (Å²) in [5.41, 5.74) is 5.40. The SMILES string of the molecule is N#Cc1cccc(CONC2=CCN(S(=O)(=O)c3cccc(C#N)c3)CC2)c1. The van der Waals surface area contributed by atoms with E-state index in [1.807, 2.05) is 12.1 Å². The third-order valence-corrected chi connectivity index (χ3v) is 6.13. The topological polar surface area (TPSA) is 106 Å². The van der Waals surface area contributed by atoms with Gasteiger partial charge in [0.1, 0.15) is 0 Å². The van der Waals surface area contributed by atoms with Crippen molar-refractivity contribution in [2.45, 2.75) is 17.9 Å². The van der Waals surface area contributed by atoms with Gasteiger partial charge in [0.05, 0.1) is 34.8 Å². The van der Waals surface area contributed by atoms with Gasteiger partial charge >= 0.3 is 0 Å². The van der Waals surface area contributed by atoms with Crippen LogP contribution in [0.25, 0.3) is 0 Å². The summed E-state index contributed by atoms with van der Waals surface area (Å²) < 4.78 is 26.8. The van der Waals surface area contributed by atoms with E-state index in [0.717, 1.165) is 11.3 Å². The summed E-state index contributed by atoms with van der Waals surface area (Å²) >= 11 is 0. The van der Waals surface area contributed by atoms with Gasteiger partial charge in [-0.25, -0.2) is 8.42 Å². The van der Waals surface area contributed by atoms with E-state index < -0.39 is 10.0 Å². The van der Waals surface area contributed by atoms with E-state index in [1.165, 1.54) is 16.4 Å². The highest BCUT2D eigenvalue weighted by molar-refractivity contribution is 7.89. The van der Waals surface area contributed by atoms with Gasteiger partial charge in [-0.1, -0.05) is 18.2 Å². The average Bonchev–Trinajstić information content (AvgIpc) is 2.74. The van der Waals surface area contributed by atoms with Crippen LogP contribution in [0, 0.1) is 22.7 Å². The van der Waals surface area contributed by atoms with Crippen LogP contribution in [0.15, 0.2) is 65.2 Å². The van der Waals surface area contributed by atoms with Crippen LogP contribution in [0.3, 0.4) is 0 Å². The van der Waals surface area contributed by atoms with Gasteiger partial charge in [-0.2, -0.15) is 14.8 Å². The smallest absolute Gasteiger partial charge is 0.243 e. The van der Waals surface area contributed by atoms with E-state index >= 15 is 0 Å². The molecule has 1 N–H and O–H groups in total. The second kappa shape index (κ2) is 8.68. The summed E-state index contributed by atoms with van der Waals surface area (Å²) in [6.07, 6.45) is 2.25. The highest BCUT2D eigenvalue weighted by Gasteiger charge is 2.26. The van der Waals surface area contributed by atoms with Crippen molar-refractivity contribution in [3.8, 4) is 12.1 Å². The van der Waals surface area contributed by atoms with Crippen LogP contribution in [-0.4, -0.2) is 25.8 Å². The number of benzene rings is 2. The molecule has 1 aliphatic rings. The van der Waals surface area contributed by atoms with E-state index in [9.17, 15) is 8.42 Å². The van der Waals surface area contributed by atoms with Gasteiger partial charge in [-0.05, 0) is 42.0 Å². The zero-order valence-corrected chi connectivity index (χ0v) is 15.8. The minimum atomic E-state index is -3.65. The number of hydroxylamine groups is 1. The van der Waals surface area contributed by atoms with Gasteiger partial charge in [0, 0.05) is 25.2 Å². The summed E-state index contributed by atoms with van der Waals surface area (Å²) in [5, 5.41) is 17.9. The maximum atomic E-state index is 12.7. The minimum absolute atomic E-state index is 0.116. The fourth-order valence-electron chi connectivity index (χ4n) is 2.78. The van der Waals surface area contributed by atoms with Gasteiger partial charge in [0.15, 0.2) is 0 Å². The average molecular weight is 394 g/mol. The van der Waals surface area contributed by atoms with Crippen molar-refractivity contribution in [1.82, 2.24) is 9.79 Å². The summed E-state index contributed by atoms with van der Waals surface area (Å²) in [6.45, 7) is 0.815. The first-order valence-corrected chi connectivity index (χ1v) is 10.0. The number of hydrogen-bond acceptors (Lipinski definition) is 6. The van der Waals surface area contributed by atoms with Crippen LogP contribution in [0.1, 0.15) is 23.1 Å². The largest absolute Gasteiger partial charge is 0.272 e. The van der Waals surface area contributed by atoms with Crippen molar-refractivity contribution in [3.63, 3.8) is 0 Å². The molecule has 0 aliphatic carbocycles. The predicted octanol–water partition coefficient (Wildman–Crippen LogP) is 2.43. The predicted molar refractivity (Wildman–Crippen MR) is 102 cm³/mol. The molecule has 0 saturated heterocycles. The Morgan fingerprint density at radius 2 is 1.79 bits per heavy atom. The normalized spacial score (nSPS) is 14.6. The molecule has 0 unspecified atom stereocenters. The maximum absolute atomic E-state index is 12.7. The first kappa shape index (κ1) is 19.6. The molecule has 3 rings (SSSR count). The molecule has 1 heterocycles. The van der Waals surface area contributed by atoms with Gasteiger partial charge < -0.3 is 0 Å². The standard InChI is InChI=1S/C20H18N4O3S/c21-13-16-3-1-5-18(11-16)15-27-23-19-7-9-24(10-8-19)28(25,26)20-6-2-4-17(12-20)14-22/h1-7,11-12,23H,8-10,15H2. The Labute approximate surface area is 164 Å². The molecule has 2 aromatic rings. The van der Waals surface area contributed by atoms with Crippen molar-refractivity contribution in [2.75, 3.05) is 13.1 Å². The Morgan fingerprint density at radius 3 is 2.46 bits per heavy atom. The Balaban J connectivity index is 1.58. The fourth-order valence-corrected chi connectivity index (χ4v) is 4.21. The quantitative estimate of drug-likeness (QED) is 0.754. The second-order valence-corrected chi connectivity index (χ2v) is 8.12. The molecule has 0 atom stereocenters. The van der Waals surface area contributed by atoms with Crippen molar-refractivity contribution in [2.24, 2.45) is 0 Å². The molecule has 0 saturated carbocycles. The van der Waals surface area contributed by atoms with Crippen LogP contribution in [0.2, 0.25) is 0 Å². The Morgan fingerprint density at radius 1 is 1.07 bits per heavy atom. The molecule has 0 radical (unpaired) electrons. The molecule has 1 aliphatic heterocycles. The Hall–Kier alpha value is -3.17. The summed E-state index contributed by atoms with van der Waals surface area (Å²) in [4.78, 5) is 5.58. The lowest BCUT2D eigenvalue weighted by Gasteiger charge is -2.26. The van der Waals surface area contributed by atoms with E-state index in [0.29, 0.717) is 24.1 Å². The van der Waals surface area contributed by atoms with E-state index in [2.05, 4.69) is 11.5 Å². The van der Waals surface area contributed by atoms with Gasteiger partial charge in [0.25, 0.3) is 0 Å². The monoisotopic (exact) mass is 394 g/mol. The highest BCUT2D eigenvalue weighted by Crippen LogP contribution is 2.20. The fraction of sp³-hybridized carbons (Fsp3) is 0.200. The van der Waals surface area contributed by atoms with Crippen LogP contribution in [0.4, 0.5) is 0 Å². The summed E-state index contributed by atoms with van der Waals surface area (Å²) in [5.74, 6) is 0. The zero-order valence-electron chi connectivity index (χ0n) is 15.0. The minimum Gasteiger partial charge on any atom is -0.272 e. The number of nitrogens with zero attached hydrogens (tertiary/aromatic N) is 3. The molecule has 2 aromatic carbocycles. The Kier molecular flexibility index (Phi) is 6.07. The van der Waals surface area contributed by atoms with E-state index in [1.54, 1.807) is 36.4 Å². The first-order valence-electron chi connectivity index (χ1n) is 8.59. The molecule has 8 heteroatoms. The van der Waals surface area contributed by atoms with Crippen LogP contribution < -0.4 is 5.48 Å². The van der Waals surface area contributed by atoms with Crippen molar-refractivity contribution in [1.29, 1.82) is 10.5 Å². The molecule has 7 nitrogen and oxygen atoms in total. The lowest BCUT2D eigenvalue weighted by Crippen LogP contribution is -2.36. The second-order valence-electron chi connectivity index (χ2n) is 6.18. The Bertz CT molecular complexity index is 1080. The maximum Gasteiger partial charge on any atom is 0.243 e. The lowest BCUT2D eigenvalue weighted by molar-refractivity contribution is 0.0453. The van der Waals surface area contributed by atoms with Crippen LogP contribution in [-0.2, 0) is 21.5 Å². The third kappa shape index (κ3) is 4.56. The van der Waals surface area contributed by atoms with Gasteiger partial charge in [0.2, 0.25) is 10.0 Å². The molecule has 0 amide bonds. The number of rotatable bonds is 6. The molecule has 0 spiro atoms. The van der Waals surface area contributed by atoms with Crippen molar-refractivity contribution in [3.05, 3.63) is 77.0 Å². The molecule has 142 valence electrons. The van der Waals surface area contributed by atoms with Gasteiger partial charge in [-0.3, -0.25) is 10.3 Å². The van der Waals surface area contributed by atoms with E-state index in [4.69, 9.17) is 15.4 Å². The van der Waals surface area contributed by atoms with Crippen molar-refractivity contribution >= 4 is 10.0 Å². The molecule has 28 heavy (non-hydrogen) atoms. The molecule has 0 aromatic heterocycles. The highest BCUT2D eigenvalue weighted by atomic mass is 32.2. The number of hydrogen-bond donors (Lipinski definition) is 1.